The Balaban J connectivity index is 2.91. The van der Waals surface area contributed by atoms with E-state index < -0.39 is 5.97 Å². The molecule has 0 unspecified atom stereocenters. The molecule has 0 aliphatic carbocycles. The lowest BCUT2D eigenvalue weighted by atomic mass is 10.2. The normalized spacial score (nSPS) is 9.94. The zero-order valence-corrected chi connectivity index (χ0v) is 11.0. The van der Waals surface area contributed by atoms with Gasteiger partial charge < -0.3 is 19.3 Å². The number of ether oxygens (including phenoxy) is 3. The van der Waals surface area contributed by atoms with E-state index in [0.29, 0.717) is 18.1 Å². The van der Waals surface area contributed by atoms with Crippen molar-refractivity contribution in [2.75, 3.05) is 20.1 Å². The number of aromatic hydroxyl groups is 1. The minimum atomic E-state index is -0.443. The lowest BCUT2D eigenvalue weighted by molar-refractivity contribution is -0.134. The standard InChI is InChI=1S/C12H15ClO5/c1-16-8-6-9(14)12(17-2)10(7-8)18-11(15)4-3-5-13/h6-7,14H,3-5H2,1-2H3. The van der Waals surface area contributed by atoms with Gasteiger partial charge in [-0.25, -0.2) is 0 Å². The Kier molecular flexibility index (Phi) is 5.58. The molecule has 0 saturated carbocycles. The van der Waals surface area contributed by atoms with Crippen LogP contribution in [0.5, 0.6) is 23.0 Å². The molecular weight excluding hydrogens is 260 g/mol. The number of phenolic OH excluding ortho intramolecular Hbond substituents is 1. The fraction of sp³-hybridized carbons (Fsp3) is 0.417. The van der Waals surface area contributed by atoms with Crippen LogP contribution in [0.15, 0.2) is 12.1 Å². The smallest absolute Gasteiger partial charge is 0.311 e. The summed E-state index contributed by atoms with van der Waals surface area (Å²) in [6.45, 7) is 0. The first-order chi connectivity index (χ1) is 8.62. The largest absolute Gasteiger partial charge is 0.504 e. The van der Waals surface area contributed by atoms with Crippen LogP contribution in [0.1, 0.15) is 12.8 Å². The summed E-state index contributed by atoms with van der Waals surface area (Å²) in [6, 6.07) is 2.84. The van der Waals surface area contributed by atoms with Crippen LogP contribution in [0.25, 0.3) is 0 Å². The number of alkyl halides is 1. The van der Waals surface area contributed by atoms with E-state index in [-0.39, 0.29) is 23.7 Å². The molecule has 0 amide bonds. The highest BCUT2D eigenvalue weighted by Gasteiger charge is 2.16. The third-order valence-electron chi connectivity index (χ3n) is 2.19. The summed E-state index contributed by atoms with van der Waals surface area (Å²) in [5, 5.41) is 9.67. The van der Waals surface area contributed by atoms with Gasteiger partial charge in [0.15, 0.2) is 11.5 Å². The van der Waals surface area contributed by atoms with Gasteiger partial charge in [0.25, 0.3) is 0 Å². The minimum Gasteiger partial charge on any atom is -0.504 e. The van der Waals surface area contributed by atoms with E-state index in [1.807, 2.05) is 0 Å². The molecule has 0 aliphatic heterocycles. The Morgan fingerprint density at radius 2 is 2.06 bits per heavy atom. The van der Waals surface area contributed by atoms with Crippen LogP contribution >= 0.6 is 11.6 Å². The fourth-order valence-corrected chi connectivity index (χ4v) is 1.48. The number of hydrogen-bond acceptors (Lipinski definition) is 5. The molecule has 0 heterocycles. The Morgan fingerprint density at radius 3 is 2.61 bits per heavy atom. The Morgan fingerprint density at radius 1 is 1.33 bits per heavy atom. The number of carbonyl (C=O) groups excluding carboxylic acids is 1. The first-order valence-electron chi connectivity index (χ1n) is 5.34. The van der Waals surface area contributed by atoms with E-state index in [1.54, 1.807) is 0 Å². The van der Waals surface area contributed by atoms with Crippen molar-refractivity contribution < 1.29 is 24.1 Å². The van der Waals surface area contributed by atoms with E-state index in [1.165, 1.54) is 26.4 Å². The van der Waals surface area contributed by atoms with Crippen molar-refractivity contribution >= 4 is 17.6 Å². The second-order valence-corrected chi connectivity index (χ2v) is 3.82. The Bertz CT molecular complexity index is 419. The molecule has 1 rings (SSSR count). The monoisotopic (exact) mass is 274 g/mol. The van der Waals surface area contributed by atoms with Gasteiger partial charge in [-0.2, -0.15) is 0 Å². The van der Waals surface area contributed by atoms with Crippen molar-refractivity contribution in [2.45, 2.75) is 12.8 Å². The lowest BCUT2D eigenvalue weighted by Crippen LogP contribution is -2.09. The first-order valence-corrected chi connectivity index (χ1v) is 5.87. The molecule has 0 bridgehead atoms. The number of carbonyl (C=O) groups is 1. The maximum atomic E-state index is 11.5. The molecule has 0 radical (unpaired) electrons. The number of halogens is 1. The highest BCUT2D eigenvalue weighted by atomic mass is 35.5. The van der Waals surface area contributed by atoms with Gasteiger partial charge in [0.2, 0.25) is 5.75 Å². The molecule has 5 nitrogen and oxygen atoms in total. The SMILES string of the molecule is COc1cc(O)c(OC)c(OC(=O)CCCCl)c1. The van der Waals surface area contributed by atoms with Crippen molar-refractivity contribution in [1.82, 2.24) is 0 Å². The molecule has 0 atom stereocenters. The van der Waals surface area contributed by atoms with Gasteiger partial charge in [-0.05, 0) is 6.42 Å². The first kappa shape index (κ1) is 14.4. The molecule has 0 saturated heterocycles. The second-order valence-electron chi connectivity index (χ2n) is 3.44. The van der Waals surface area contributed by atoms with E-state index in [0.717, 1.165) is 0 Å². The third-order valence-corrected chi connectivity index (χ3v) is 2.45. The van der Waals surface area contributed by atoms with Crippen LogP contribution in [0, 0.1) is 0 Å². The predicted molar refractivity (Wildman–Crippen MR) is 66.8 cm³/mol. The summed E-state index contributed by atoms with van der Waals surface area (Å²) < 4.78 is 15.0. The van der Waals surface area contributed by atoms with Crippen LogP contribution < -0.4 is 14.2 Å². The van der Waals surface area contributed by atoms with Crippen LogP contribution in [0.2, 0.25) is 0 Å². The Hall–Kier alpha value is -1.62. The summed E-state index contributed by atoms with van der Waals surface area (Å²) in [5.41, 5.74) is 0. The van der Waals surface area contributed by atoms with Crippen molar-refractivity contribution in [3.8, 4) is 23.0 Å². The van der Waals surface area contributed by atoms with Crippen LogP contribution in [-0.4, -0.2) is 31.2 Å². The molecular formula is C12H15ClO5. The average Bonchev–Trinajstić information content (AvgIpc) is 2.35. The van der Waals surface area contributed by atoms with E-state index in [2.05, 4.69) is 0 Å². The molecule has 1 aromatic rings. The Labute approximate surface area is 110 Å². The molecule has 0 fully saturated rings. The van der Waals surface area contributed by atoms with Gasteiger partial charge in [-0.15, -0.1) is 11.6 Å². The molecule has 1 aromatic carbocycles. The zero-order valence-electron chi connectivity index (χ0n) is 10.2. The molecule has 6 heteroatoms. The van der Waals surface area contributed by atoms with E-state index in [9.17, 15) is 9.90 Å². The van der Waals surface area contributed by atoms with Gasteiger partial charge in [-0.3, -0.25) is 4.79 Å². The minimum absolute atomic E-state index is 0.0926. The molecule has 0 spiro atoms. The quantitative estimate of drug-likeness (QED) is 0.490. The van der Waals surface area contributed by atoms with Gasteiger partial charge in [0, 0.05) is 24.4 Å². The van der Waals surface area contributed by atoms with E-state index in [4.69, 9.17) is 25.8 Å². The number of esters is 1. The summed E-state index contributed by atoms with van der Waals surface area (Å²) >= 11 is 5.49. The lowest BCUT2D eigenvalue weighted by Gasteiger charge is -2.12. The van der Waals surface area contributed by atoms with E-state index >= 15 is 0 Å². The summed E-state index contributed by atoms with van der Waals surface area (Å²) in [6.07, 6.45) is 0.725. The van der Waals surface area contributed by atoms with Crippen molar-refractivity contribution in [1.29, 1.82) is 0 Å². The number of methoxy groups -OCH3 is 2. The zero-order chi connectivity index (χ0) is 13.5. The van der Waals surface area contributed by atoms with Gasteiger partial charge in [0.05, 0.1) is 14.2 Å². The maximum Gasteiger partial charge on any atom is 0.311 e. The highest BCUT2D eigenvalue weighted by molar-refractivity contribution is 6.17. The number of rotatable bonds is 6. The fourth-order valence-electron chi connectivity index (χ4n) is 1.35. The van der Waals surface area contributed by atoms with Crippen molar-refractivity contribution in [2.24, 2.45) is 0 Å². The number of hydrogen-bond donors (Lipinski definition) is 1. The van der Waals surface area contributed by atoms with Crippen LogP contribution in [0.3, 0.4) is 0 Å². The predicted octanol–water partition coefficient (Wildman–Crippen LogP) is 2.33. The third kappa shape index (κ3) is 3.70. The van der Waals surface area contributed by atoms with Crippen LogP contribution in [-0.2, 0) is 4.79 Å². The van der Waals surface area contributed by atoms with Gasteiger partial charge in [0.1, 0.15) is 5.75 Å². The molecule has 0 aromatic heterocycles. The topological polar surface area (TPSA) is 65.0 Å². The average molecular weight is 275 g/mol. The van der Waals surface area contributed by atoms with Crippen molar-refractivity contribution in [3.05, 3.63) is 12.1 Å². The summed E-state index contributed by atoms with van der Waals surface area (Å²) in [7, 11) is 2.82. The molecule has 0 aliphatic rings. The van der Waals surface area contributed by atoms with Crippen LogP contribution in [0.4, 0.5) is 0 Å². The van der Waals surface area contributed by atoms with Crippen molar-refractivity contribution in [3.63, 3.8) is 0 Å². The highest BCUT2D eigenvalue weighted by Crippen LogP contribution is 2.40. The summed E-state index contributed by atoms with van der Waals surface area (Å²) in [4.78, 5) is 11.5. The number of phenols is 1. The molecule has 18 heavy (non-hydrogen) atoms. The second kappa shape index (κ2) is 6.96. The molecule has 100 valence electrons. The maximum absolute atomic E-state index is 11.5. The summed E-state index contributed by atoms with van der Waals surface area (Å²) in [5.74, 6) is 0.367. The number of benzene rings is 1. The van der Waals surface area contributed by atoms with Gasteiger partial charge >= 0.3 is 5.97 Å². The molecule has 1 N–H and O–H groups in total. The van der Waals surface area contributed by atoms with Gasteiger partial charge in [-0.1, -0.05) is 0 Å².